The molecular weight excluding hydrogens is 572 g/mol. The molecule has 0 aliphatic carbocycles. The van der Waals surface area contributed by atoms with E-state index >= 15 is 0 Å². The lowest BCUT2D eigenvalue weighted by molar-refractivity contribution is -0.161. The Bertz CT molecular complexity index is 1610. The molecule has 12 heteroatoms. The predicted octanol–water partition coefficient (Wildman–Crippen LogP) is 5.24. The maximum Gasteiger partial charge on any atom is 0.407 e. The molecule has 0 aliphatic heterocycles. The van der Waals surface area contributed by atoms with Gasteiger partial charge in [0.1, 0.15) is 17.9 Å². The number of carbonyl (C=O) groups excluding carboxylic acids is 1. The maximum atomic E-state index is 14.3. The summed E-state index contributed by atoms with van der Waals surface area (Å²) in [4.78, 5) is 13.2. The highest BCUT2D eigenvalue weighted by atomic mass is 32.2. The molecule has 0 aliphatic rings. The van der Waals surface area contributed by atoms with Crippen molar-refractivity contribution >= 4 is 15.7 Å². The van der Waals surface area contributed by atoms with Gasteiger partial charge in [0.25, 0.3) is 0 Å². The second kappa shape index (κ2) is 13.1. The minimum absolute atomic E-state index is 0.0640. The predicted molar refractivity (Wildman–Crippen MR) is 148 cm³/mol. The van der Waals surface area contributed by atoms with E-state index in [1.807, 2.05) is 6.07 Å². The summed E-state index contributed by atoms with van der Waals surface area (Å²) in [6, 6.07) is 13.9. The lowest BCUT2D eigenvalue weighted by atomic mass is 9.97. The average Bonchev–Trinajstić information content (AvgIpc) is 2.92. The van der Waals surface area contributed by atoms with Gasteiger partial charge in [0.15, 0.2) is 9.84 Å². The molecule has 0 bridgehead atoms. The van der Waals surface area contributed by atoms with E-state index < -0.39 is 51.8 Å². The third-order valence-electron chi connectivity index (χ3n) is 6.56. The van der Waals surface area contributed by atoms with Crippen molar-refractivity contribution in [3.05, 3.63) is 89.2 Å². The topological polar surface area (TPSA) is 123 Å². The van der Waals surface area contributed by atoms with Crippen molar-refractivity contribution < 1.29 is 30.8 Å². The highest BCUT2D eigenvalue weighted by Crippen LogP contribution is 2.35. The molecule has 2 N–H and O–H groups in total. The first kappa shape index (κ1) is 32.3. The first-order chi connectivity index (χ1) is 19.6. The zero-order chi connectivity index (χ0) is 31.2. The number of sulfone groups is 1. The molecule has 0 saturated carbocycles. The summed E-state index contributed by atoms with van der Waals surface area (Å²) in [5.74, 6) is -2.22. The Labute approximate surface area is 241 Å². The van der Waals surface area contributed by atoms with Crippen LogP contribution in [0.1, 0.15) is 36.6 Å². The summed E-state index contributed by atoms with van der Waals surface area (Å²) in [7, 11) is -3.40. The maximum absolute atomic E-state index is 14.3. The number of nitrogens with zero attached hydrogens (tertiary/aromatic N) is 2. The number of halogens is 4. The molecule has 0 aromatic heterocycles. The van der Waals surface area contributed by atoms with Gasteiger partial charge in [-0.25, -0.2) is 12.8 Å². The molecule has 0 fully saturated rings. The van der Waals surface area contributed by atoms with E-state index in [0.29, 0.717) is 11.1 Å². The van der Waals surface area contributed by atoms with E-state index in [-0.39, 0.29) is 28.0 Å². The number of amides is 1. The second-order valence-electron chi connectivity index (χ2n) is 10.1. The van der Waals surface area contributed by atoms with Gasteiger partial charge in [-0.1, -0.05) is 56.3 Å². The number of rotatable bonds is 10. The van der Waals surface area contributed by atoms with Crippen LogP contribution in [0.2, 0.25) is 0 Å². The standard InChI is InChI=1S/C30H28F4N4O3S/c1-18(2)27(29(39)37-24(17-36)15-23-5-4-19(16-35)14-26(23)31)38-28(30(32,33)34)22-8-6-20(7-9-22)21-10-12-25(13-11-21)42(3,40)41/h4-14,18,24,27-28,38H,15H2,1-3H3,(H,37,39)/t24-,27?,28-/m0/s1. The highest BCUT2D eigenvalue weighted by Gasteiger charge is 2.43. The minimum Gasteiger partial charge on any atom is -0.339 e. The Morgan fingerprint density at radius 3 is 1.98 bits per heavy atom. The van der Waals surface area contributed by atoms with Gasteiger partial charge in [0.05, 0.1) is 28.6 Å². The molecule has 1 amide bonds. The van der Waals surface area contributed by atoms with Gasteiger partial charge in [0.2, 0.25) is 5.91 Å². The number of nitriles is 2. The van der Waals surface area contributed by atoms with Crippen LogP contribution in [0.3, 0.4) is 0 Å². The van der Waals surface area contributed by atoms with Crippen molar-refractivity contribution in [2.24, 2.45) is 5.92 Å². The number of carbonyl (C=O) groups is 1. The van der Waals surface area contributed by atoms with Crippen LogP contribution >= 0.6 is 0 Å². The van der Waals surface area contributed by atoms with Crippen molar-refractivity contribution in [3.63, 3.8) is 0 Å². The van der Waals surface area contributed by atoms with E-state index in [9.17, 15) is 36.0 Å². The Kier molecular flexibility index (Phi) is 10.1. The van der Waals surface area contributed by atoms with Crippen LogP contribution in [0, 0.1) is 34.4 Å². The van der Waals surface area contributed by atoms with Gasteiger partial charge in [-0.2, -0.15) is 23.7 Å². The lowest BCUT2D eigenvalue weighted by Crippen LogP contribution is -2.53. The van der Waals surface area contributed by atoms with Gasteiger partial charge in [-0.05, 0) is 52.4 Å². The summed E-state index contributed by atoms with van der Waals surface area (Å²) in [5.41, 5.74) is 1.15. The number of nitrogens with one attached hydrogen (secondary N) is 2. The van der Waals surface area contributed by atoms with Crippen LogP contribution in [0.5, 0.6) is 0 Å². The van der Waals surface area contributed by atoms with Crippen LogP contribution in [-0.2, 0) is 21.1 Å². The SMILES string of the molecule is CC(C)C(N[C@@H](c1ccc(-c2ccc(S(C)(=O)=O)cc2)cc1)C(F)(F)F)C(=O)N[C@H](C#N)Cc1ccc(C#N)cc1F. The van der Waals surface area contributed by atoms with Crippen LogP contribution < -0.4 is 10.6 Å². The molecule has 1 unspecified atom stereocenters. The normalized spacial score (nSPS) is 14.0. The van der Waals surface area contributed by atoms with Crippen molar-refractivity contribution in [2.75, 3.05) is 6.26 Å². The summed E-state index contributed by atoms with van der Waals surface area (Å²) in [6.07, 6.45) is -3.96. The van der Waals surface area contributed by atoms with Crippen molar-refractivity contribution in [1.82, 2.24) is 10.6 Å². The van der Waals surface area contributed by atoms with Gasteiger partial charge in [0, 0.05) is 12.7 Å². The molecule has 0 saturated heterocycles. The van der Waals surface area contributed by atoms with Crippen LogP contribution in [0.15, 0.2) is 71.6 Å². The largest absolute Gasteiger partial charge is 0.407 e. The number of hydrogen-bond acceptors (Lipinski definition) is 6. The monoisotopic (exact) mass is 600 g/mol. The fourth-order valence-electron chi connectivity index (χ4n) is 4.29. The molecule has 0 spiro atoms. The Balaban J connectivity index is 1.80. The third-order valence-corrected chi connectivity index (χ3v) is 7.69. The average molecular weight is 601 g/mol. The van der Waals surface area contributed by atoms with Crippen LogP contribution in [0.4, 0.5) is 17.6 Å². The summed E-state index contributed by atoms with van der Waals surface area (Å²) < 4.78 is 80.4. The molecule has 3 aromatic rings. The molecule has 3 atom stereocenters. The summed E-state index contributed by atoms with van der Waals surface area (Å²) >= 11 is 0. The Morgan fingerprint density at radius 2 is 1.52 bits per heavy atom. The van der Waals surface area contributed by atoms with E-state index in [4.69, 9.17) is 5.26 Å². The molecule has 3 aromatic carbocycles. The Morgan fingerprint density at radius 1 is 0.952 bits per heavy atom. The fraction of sp³-hybridized carbons (Fsp3) is 0.300. The molecule has 42 heavy (non-hydrogen) atoms. The first-order valence-electron chi connectivity index (χ1n) is 12.8. The fourth-order valence-corrected chi connectivity index (χ4v) is 4.92. The molecule has 0 heterocycles. The summed E-state index contributed by atoms with van der Waals surface area (Å²) in [5, 5.41) is 23.2. The van der Waals surface area contributed by atoms with Gasteiger partial charge in [-0.15, -0.1) is 0 Å². The number of hydrogen-bond donors (Lipinski definition) is 2. The van der Waals surface area contributed by atoms with Gasteiger partial charge < -0.3 is 5.32 Å². The van der Waals surface area contributed by atoms with E-state index in [1.165, 1.54) is 48.5 Å². The van der Waals surface area contributed by atoms with Crippen molar-refractivity contribution in [1.29, 1.82) is 10.5 Å². The minimum atomic E-state index is -4.79. The molecular formula is C30H28F4N4O3S. The first-order valence-corrected chi connectivity index (χ1v) is 14.6. The third kappa shape index (κ3) is 8.15. The highest BCUT2D eigenvalue weighted by molar-refractivity contribution is 7.90. The smallest absolute Gasteiger partial charge is 0.339 e. The van der Waals surface area contributed by atoms with Gasteiger partial charge in [-0.3, -0.25) is 10.1 Å². The van der Waals surface area contributed by atoms with Crippen molar-refractivity contribution in [3.8, 4) is 23.3 Å². The van der Waals surface area contributed by atoms with Crippen LogP contribution in [-0.4, -0.2) is 38.8 Å². The lowest BCUT2D eigenvalue weighted by Gasteiger charge is -2.30. The van der Waals surface area contributed by atoms with E-state index in [0.717, 1.165) is 12.3 Å². The quantitative estimate of drug-likeness (QED) is 0.307. The Hall–Kier alpha value is -4.26. The molecule has 7 nitrogen and oxygen atoms in total. The van der Waals surface area contributed by atoms with Crippen LogP contribution in [0.25, 0.3) is 11.1 Å². The molecule has 3 rings (SSSR count). The van der Waals surface area contributed by atoms with Crippen molar-refractivity contribution in [2.45, 2.75) is 49.5 Å². The summed E-state index contributed by atoms with van der Waals surface area (Å²) in [6.45, 7) is 3.10. The van der Waals surface area contributed by atoms with E-state index in [2.05, 4.69) is 10.6 Å². The molecule has 0 radical (unpaired) electrons. The second-order valence-corrected chi connectivity index (χ2v) is 12.1. The zero-order valence-corrected chi connectivity index (χ0v) is 23.7. The zero-order valence-electron chi connectivity index (χ0n) is 22.9. The number of benzene rings is 3. The molecule has 220 valence electrons. The number of alkyl halides is 3. The van der Waals surface area contributed by atoms with Gasteiger partial charge >= 0.3 is 6.18 Å². The van der Waals surface area contributed by atoms with E-state index in [1.54, 1.807) is 32.0 Å².